The second-order valence-corrected chi connectivity index (χ2v) is 5.32. The zero-order chi connectivity index (χ0) is 13.8. The zero-order valence-electron chi connectivity index (χ0n) is 10.3. The second kappa shape index (κ2) is 6.29. The van der Waals surface area contributed by atoms with Crippen LogP contribution in [-0.2, 0) is 6.42 Å². The van der Waals surface area contributed by atoms with E-state index in [1.165, 1.54) is 0 Å². The molecule has 0 aliphatic carbocycles. The standard InChI is InChI=1S/C15H15Cl2NO/c16-13-4-2-11(3-5-13)12(9-18)7-10-1-6-15(19)14(17)8-10/h1-6,8,12,19H,7,9,18H2. The minimum absolute atomic E-state index is 0.0983. The van der Waals surface area contributed by atoms with Crippen molar-refractivity contribution in [3.63, 3.8) is 0 Å². The molecule has 3 N–H and O–H groups in total. The molecule has 0 radical (unpaired) electrons. The van der Waals surface area contributed by atoms with E-state index in [2.05, 4.69) is 0 Å². The molecule has 19 heavy (non-hydrogen) atoms. The molecule has 2 nitrogen and oxygen atoms in total. The van der Waals surface area contributed by atoms with Gasteiger partial charge in [-0.05, 0) is 48.4 Å². The molecule has 0 aliphatic heterocycles. The first-order valence-corrected chi connectivity index (χ1v) is 6.78. The zero-order valence-corrected chi connectivity index (χ0v) is 11.8. The van der Waals surface area contributed by atoms with E-state index in [1.807, 2.05) is 30.3 Å². The van der Waals surface area contributed by atoms with Crippen LogP contribution in [0.5, 0.6) is 5.75 Å². The Labute approximate surface area is 122 Å². The summed E-state index contributed by atoms with van der Waals surface area (Å²) in [5, 5.41) is 10.5. The molecule has 1 unspecified atom stereocenters. The SMILES string of the molecule is NCC(Cc1ccc(O)c(Cl)c1)c1ccc(Cl)cc1. The van der Waals surface area contributed by atoms with Crippen LogP contribution in [0.4, 0.5) is 0 Å². The van der Waals surface area contributed by atoms with Crippen molar-refractivity contribution in [2.24, 2.45) is 5.73 Å². The van der Waals surface area contributed by atoms with Crippen molar-refractivity contribution >= 4 is 23.2 Å². The molecule has 0 aliphatic rings. The molecule has 0 fully saturated rings. The third-order valence-corrected chi connectivity index (χ3v) is 3.67. The van der Waals surface area contributed by atoms with Crippen molar-refractivity contribution in [3.05, 3.63) is 63.6 Å². The second-order valence-electron chi connectivity index (χ2n) is 4.47. The first-order valence-electron chi connectivity index (χ1n) is 6.03. The molecular formula is C15H15Cl2NO. The fourth-order valence-corrected chi connectivity index (χ4v) is 2.36. The van der Waals surface area contributed by atoms with Gasteiger partial charge in [-0.2, -0.15) is 0 Å². The number of phenols is 1. The molecular weight excluding hydrogens is 281 g/mol. The number of hydrogen-bond acceptors (Lipinski definition) is 2. The fraction of sp³-hybridized carbons (Fsp3) is 0.200. The van der Waals surface area contributed by atoms with E-state index in [0.29, 0.717) is 16.6 Å². The van der Waals surface area contributed by atoms with E-state index in [-0.39, 0.29) is 11.7 Å². The summed E-state index contributed by atoms with van der Waals surface area (Å²) in [6, 6.07) is 12.9. The van der Waals surface area contributed by atoms with Crippen LogP contribution in [-0.4, -0.2) is 11.7 Å². The van der Waals surface area contributed by atoms with Crippen LogP contribution in [0.3, 0.4) is 0 Å². The number of halogens is 2. The quantitative estimate of drug-likeness (QED) is 0.896. The van der Waals surface area contributed by atoms with Gasteiger partial charge in [0.1, 0.15) is 5.75 Å². The third kappa shape index (κ3) is 3.63. The molecule has 4 heteroatoms. The summed E-state index contributed by atoms with van der Waals surface area (Å²) in [6.07, 6.45) is 0.776. The maximum absolute atomic E-state index is 9.41. The Morgan fingerprint density at radius 2 is 1.74 bits per heavy atom. The Hall–Kier alpha value is -1.22. The van der Waals surface area contributed by atoms with Gasteiger partial charge >= 0.3 is 0 Å². The number of rotatable bonds is 4. The summed E-state index contributed by atoms with van der Waals surface area (Å²) < 4.78 is 0. The lowest BCUT2D eigenvalue weighted by Crippen LogP contribution is -2.15. The van der Waals surface area contributed by atoms with Gasteiger partial charge in [0.15, 0.2) is 0 Å². The Morgan fingerprint density at radius 3 is 2.32 bits per heavy atom. The van der Waals surface area contributed by atoms with Crippen molar-refractivity contribution in [2.45, 2.75) is 12.3 Å². The molecule has 0 aromatic heterocycles. The maximum atomic E-state index is 9.41. The van der Waals surface area contributed by atoms with Gasteiger partial charge in [0, 0.05) is 10.9 Å². The molecule has 0 heterocycles. The minimum atomic E-state index is 0.0983. The van der Waals surface area contributed by atoms with E-state index >= 15 is 0 Å². The minimum Gasteiger partial charge on any atom is -0.506 e. The average molecular weight is 296 g/mol. The molecule has 2 aromatic rings. The van der Waals surface area contributed by atoms with Crippen LogP contribution in [0.25, 0.3) is 0 Å². The van der Waals surface area contributed by atoms with Crippen LogP contribution >= 0.6 is 23.2 Å². The third-order valence-electron chi connectivity index (χ3n) is 3.12. The number of aromatic hydroxyl groups is 1. The van der Waals surface area contributed by atoms with Crippen LogP contribution in [0, 0.1) is 0 Å². The largest absolute Gasteiger partial charge is 0.506 e. The molecule has 0 amide bonds. The summed E-state index contributed by atoms with van der Waals surface area (Å²) in [7, 11) is 0. The number of nitrogens with two attached hydrogens (primary N) is 1. The highest BCUT2D eigenvalue weighted by Crippen LogP contribution is 2.27. The average Bonchev–Trinajstić information content (AvgIpc) is 2.41. The number of phenolic OH excluding ortho intramolecular Hbond substituents is 1. The van der Waals surface area contributed by atoms with E-state index in [0.717, 1.165) is 17.5 Å². The van der Waals surface area contributed by atoms with Gasteiger partial charge in [-0.15, -0.1) is 0 Å². The summed E-state index contributed by atoms with van der Waals surface area (Å²) in [5.41, 5.74) is 8.04. The fourth-order valence-electron chi connectivity index (χ4n) is 2.03. The van der Waals surface area contributed by atoms with Gasteiger partial charge in [0.2, 0.25) is 0 Å². The smallest absolute Gasteiger partial charge is 0.134 e. The molecule has 100 valence electrons. The van der Waals surface area contributed by atoms with E-state index < -0.39 is 0 Å². The lowest BCUT2D eigenvalue weighted by Gasteiger charge is -2.16. The van der Waals surface area contributed by atoms with E-state index in [4.69, 9.17) is 28.9 Å². The Balaban J connectivity index is 2.18. The Morgan fingerprint density at radius 1 is 1.05 bits per heavy atom. The molecule has 0 saturated carbocycles. The molecule has 2 rings (SSSR count). The van der Waals surface area contributed by atoms with Gasteiger partial charge in [-0.1, -0.05) is 41.4 Å². The molecule has 0 bridgehead atoms. The number of hydrogen-bond donors (Lipinski definition) is 2. The molecule has 0 saturated heterocycles. The Bertz CT molecular complexity index is 555. The lowest BCUT2D eigenvalue weighted by molar-refractivity contribution is 0.475. The van der Waals surface area contributed by atoms with Crippen LogP contribution < -0.4 is 5.73 Å². The van der Waals surface area contributed by atoms with E-state index in [9.17, 15) is 5.11 Å². The highest BCUT2D eigenvalue weighted by atomic mass is 35.5. The van der Waals surface area contributed by atoms with Crippen LogP contribution in [0.1, 0.15) is 17.0 Å². The van der Waals surface area contributed by atoms with Crippen molar-refractivity contribution in [3.8, 4) is 5.75 Å². The lowest BCUT2D eigenvalue weighted by atomic mass is 9.92. The number of benzene rings is 2. The summed E-state index contributed by atoms with van der Waals surface area (Å²) in [6.45, 7) is 0.542. The topological polar surface area (TPSA) is 46.2 Å². The highest BCUT2D eigenvalue weighted by Gasteiger charge is 2.11. The molecule has 2 aromatic carbocycles. The van der Waals surface area contributed by atoms with Crippen molar-refractivity contribution in [1.82, 2.24) is 0 Å². The van der Waals surface area contributed by atoms with Gasteiger partial charge in [-0.25, -0.2) is 0 Å². The van der Waals surface area contributed by atoms with Crippen molar-refractivity contribution in [1.29, 1.82) is 0 Å². The Kier molecular flexibility index (Phi) is 4.70. The highest BCUT2D eigenvalue weighted by molar-refractivity contribution is 6.32. The predicted octanol–water partition coefficient (Wildman–Crippen LogP) is 3.98. The van der Waals surface area contributed by atoms with Gasteiger partial charge in [-0.3, -0.25) is 0 Å². The van der Waals surface area contributed by atoms with Crippen molar-refractivity contribution in [2.75, 3.05) is 6.54 Å². The summed E-state index contributed by atoms with van der Waals surface area (Å²) >= 11 is 11.8. The van der Waals surface area contributed by atoms with Crippen LogP contribution in [0.2, 0.25) is 10.0 Å². The van der Waals surface area contributed by atoms with Gasteiger partial charge in [0.05, 0.1) is 5.02 Å². The summed E-state index contributed by atoms with van der Waals surface area (Å²) in [5.74, 6) is 0.305. The van der Waals surface area contributed by atoms with Crippen molar-refractivity contribution < 1.29 is 5.11 Å². The molecule has 1 atom stereocenters. The normalized spacial score (nSPS) is 12.4. The first-order chi connectivity index (χ1) is 9.10. The van der Waals surface area contributed by atoms with Crippen LogP contribution in [0.15, 0.2) is 42.5 Å². The monoisotopic (exact) mass is 295 g/mol. The maximum Gasteiger partial charge on any atom is 0.134 e. The summed E-state index contributed by atoms with van der Waals surface area (Å²) in [4.78, 5) is 0. The first kappa shape index (κ1) is 14.2. The van der Waals surface area contributed by atoms with Gasteiger partial charge < -0.3 is 10.8 Å². The van der Waals surface area contributed by atoms with E-state index in [1.54, 1.807) is 12.1 Å². The predicted molar refractivity (Wildman–Crippen MR) is 80.1 cm³/mol. The van der Waals surface area contributed by atoms with Gasteiger partial charge in [0.25, 0.3) is 0 Å². The molecule has 0 spiro atoms.